The van der Waals surface area contributed by atoms with Crippen molar-refractivity contribution in [2.45, 2.75) is 12.3 Å². The lowest BCUT2D eigenvalue weighted by molar-refractivity contribution is 0.150. The Kier molecular flexibility index (Phi) is 3.71. The van der Waals surface area contributed by atoms with Gasteiger partial charge in [-0.2, -0.15) is 0 Å². The van der Waals surface area contributed by atoms with Gasteiger partial charge in [-0.05, 0) is 6.07 Å². The minimum Gasteiger partial charge on any atom is -0.224 e. The average Bonchev–Trinajstić information content (AvgIpc) is 2.02. The van der Waals surface area contributed by atoms with Gasteiger partial charge in [0.25, 0.3) is 6.43 Å². The highest BCUT2D eigenvalue weighted by atomic mass is 35.5. The summed E-state index contributed by atoms with van der Waals surface area (Å²) in [7, 11) is 0. The maximum atomic E-state index is 12.4. The Balaban J connectivity index is 3.29. The minimum absolute atomic E-state index is 0.0610. The van der Waals surface area contributed by atoms with Crippen LogP contribution in [0.25, 0.3) is 0 Å². The van der Waals surface area contributed by atoms with Gasteiger partial charge in [0, 0.05) is 11.1 Å². The first-order valence-corrected chi connectivity index (χ1v) is 4.54. The van der Waals surface area contributed by atoms with E-state index in [4.69, 9.17) is 34.8 Å². The molecule has 0 aromatic carbocycles. The molecule has 1 aromatic heterocycles. The summed E-state index contributed by atoms with van der Waals surface area (Å²) in [5, 5.41) is -0.132. The van der Waals surface area contributed by atoms with Crippen molar-refractivity contribution in [1.29, 1.82) is 0 Å². The van der Waals surface area contributed by atoms with Crippen LogP contribution in [0.1, 0.15) is 17.6 Å². The molecule has 0 aliphatic rings. The molecular weight excluding hydrogens is 242 g/mol. The molecule has 0 aliphatic heterocycles. The topological polar surface area (TPSA) is 12.9 Å². The molecule has 0 fully saturated rings. The monoisotopic (exact) mass is 245 g/mol. The number of pyridine rings is 1. The van der Waals surface area contributed by atoms with Gasteiger partial charge in [-0.25, -0.2) is 13.8 Å². The second-order valence-electron chi connectivity index (χ2n) is 2.24. The van der Waals surface area contributed by atoms with Gasteiger partial charge in [0.15, 0.2) is 0 Å². The summed E-state index contributed by atoms with van der Waals surface area (Å²) in [6.07, 6.45) is -2.65. The largest absolute Gasteiger partial charge is 0.264 e. The summed E-state index contributed by atoms with van der Waals surface area (Å²) >= 11 is 16.4. The molecule has 0 saturated heterocycles. The Morgan fingerprint density at radius 1 is 1.38 bits per heavy atom. The van der Waals surface area contributed by atoms with Gasteiger partial charge < -0.3 is 0 Å². The quantitative estimate of drug-likeness (QED) is 0.566. The third-order valence-corrected chi connectivity index (χ3v) is 2.22. The van der Waals surface area contributed by atoms with E-state index >= 15 is 0 Å². The molecule has 0 aliphatic carbocycles. The van der Waals surface area contributed by atoms with Crippen molar-refractivity contribution < 1.29 is 8.78 Å². The fraction of sp³-hybridized carbons (Fsp3) is 0.286. The molecular formula is C7H4Cl3F2N. The van der Waals surface area contributed by atoms with Gasteiger partial charge >= 0.3 is 0 Å². The summed E-state index contributed by atoms with van der Waals surface area (Å²) in [6, 6.07) is 1.07. The zero-order valence-corrected chi connectivity index (χ0v) is 8.47. The Morgan fingerprint density at radius 2 is 2.00 bits per heavy atom. The number of hydrogen-bond donors (Lipinski definition) is 0. The predicted molar refractivity (Wildman–Crippen MR) is 48.8 cm³/mol. The molecule has 72 valence electrons. The third-order valence-electron chi connectivity index (χ3n) is 1.45. The summed E-state index contributed by atoms with van der Waals surface area (Å²) in [6.45, 7) is 0. The molecule has 0 radical (unpaired) electrons. The molecule has 0 atom stereocenters. The molecule has 1 nitrogen and oxygen atoms in total. The Hall–Kier alpha value is -0.120. The first-order valence-electron chi connectivity index (χ1n) is 3.25. The van der Waals surface area contributed by atoms with Crippen LogP contribution in [0, 0.1) is 0 Å². The van der Waals surface area contributed by atoms with Gasteiger partial charge in [0.1, 0.15) is 10.3 Å². The van der Waals surface area contributed by atoms with Crippen LogP contribution in [-0.4, -0.2) is 4.98 Å². The normalized spacial score (nSPS) is 10.9. The van der Waals surface area contributed by atoms with Crippen molar-refractivity contribution in [1.82, 2.24) is 4.98 Å². The van der Waals surface area contributed by atoms with E-state index in [2.05, 4.69) is 4.98 Å². The number of aromatic nitrogens is 1. The van der Waals surface area contributed by atoms with Crippen LogP contribution in [0.4, 0.5) is 8.78 Å². The number of nitrogens with zero attached hydrogens (tertiary/aromatic N) is 1. The second-order valence-corrected chi connectivity index (χ2v) is 3.25. The van der Waals surface area contributed by atoms with Crippen molar-refractivity contribution in [3.05, 3.63) is 27.5 Å². The van der Waals surface area contributed by atoms with E-state index in [9.17, 15) is 8.78 Å². The van der Waals surface area contributed by atoms with Crippen molar-refractivity contribution in [2.24, 2.45) is 0 Å². The number of hydrogen-bond acceptors (Lipinski definition) is 1. The maximum Gasteiger partial charge on any atom is 0.264 e. The molecule has 0 bridgehead atoms. The standard InChI is InChI=1S/C7H4Cl3F2N/c8-2-4-3(7(11)12)1-5(9)13-6(4)10/h1,7H,2H2. The molecule has 1 aromatic rings. The second kappa shape index (κ2) is 4.40. The lowest BCUT2D eigenvalue weighted by Crippen LogP contribution is -1.96. The molecule has 6 heteroatoms. The summed E-state index contributed by atoms with van der Waals surface area (Å²) < 4.78 is 24.7. The molecule has 0 unspecified atom stereocenters. The van der Waals surface area contributed by atoms with Gasteiger partial charge in [-0.1, -0.05) is 23.2 Å². The smallest absolute Gasteiger partial charge is 0.224 e. The van der Waals surface area contributed by atoms with Gasteiger partial charge in [-0.15, -0.1) is 11.6 Å². The van der Waals surface area contributed by atoms with Crippen LogP contribution < -0.4 is 0 Å². The van der Waals surface area contributed by atoms with E-state index in [0.29, 0.717) is 0 Å². The van der Waals surface area contributed by atoms with Crippen molar-refractivity contribution >= 4 is 34.8 Å². The minimum atomic E-state index is -2.65. The van der Waals surface area contributed by atoms with Crippen LogP contribution in [0.2, 0.25) is 10.3 Å². The number of alkyl halides is 3. The van der Waals surface area contributed by atoms with E-state index < -0.39 is 6.43 Å². The fourth-order valence-electron chi connectivity index (χ4n) is 0.855. The van der Waals surface area contributed by atoms with Gasteiger partial charge in [0.2, 0.25) is 0 Å². The van der Waals surface area contributed by atoms with Gasteiger partial charge in [-0.3, -0.25) is 0 Å². The van der Waals surface area contributed by atoms with E-state index in [1.807, 2.05) is 0 Å². The van der Waals surface area contributed by atoms with E-state index in [0.717, 1.165) is 6.07 Å². The zero-order valence-electron chi connectivity index (χ0n) is 6.20. The van der Waals surface area contributed by atoms with Crippen molar-refractivity contribution in [3.63, 3.8) is 0 Å². The number of halogens is 5. The van der Waals surface area contributed by atoms with Crippen LogP contribution in [0.3, 0.4) is 0 Å². The summed E-state index contributed by atoms with van der Waals surface area (Å²) in [5.74, 6) is -0.108. The first-order chi connectivity index (χ1) is 6.06. The SMILES string of the molecule is FC(F)c1cc(Cl)nc(Cl)c1CCl. The Morgan fingerprint density at radius 3 is 2.46 bits per heavy atom. The van der Waals surface area contributed by atoms with Crippen LogP contribution >= 0.6 is 34.8 Å². The molecule has 1 rings (SSSR count). The zero-order chi connectivity index (χ0) is 10.0. The lowest BCUT2D eigenvalue weighted by atomic mass is 10.2. The molecule has 0 saturated carbocycles. The third kappa shape index (κ3) is 2.42. The maximum absolute atomic E-state index is 12.4. The lowest BCUT2D eigenvalue weighted by Gasteiger charge is -2.07. The number of rotatable bonds is 2. The fourth-order valence-corrected chi connectivity index (χ4v) is 1.72. The molecule has 1 heterocycles. The van der Waals surface area contributed by atoms with Crippen LogP contribution in [0.5, 0.6) is 0 Å². The highest BCUT2D eigenvalue weighted by molar-refractivity contribution is 6.33. The van der Waals surface area contributed by atoms with Crippen molar-refractivity contribution in [3.8, 4) is 0 Å². The molecule has 13 heavy (non-hydrogen) atoms. The van der Waals surface area contributed by atoms with Crippen LogP contribution in [0.15, 0.2) is 6.07 Å². The van der Waals surface area contributed by atoms with Crippen LogP contribution in [-0.2, 0) is 5.88 Å². The first kappa shape index (κ1) is 11.0. The van der Waals surface area contributed by atoms with E-state index in [-0.39, 0.29) is 27.3 Å². The van der Waals surface area contributed by atoms with Gasteiger partial charge in [0.05, 0.1) is 5.88 Å². The van der Waals surface area contributed by atoms with E-state index in [1.54, 1.807) is 0 Å². The average molecular weight is 246 g/mol. The van der Waals surface area contributed by atoms with Crippen molar-refractivity contribution in [2.75, 3.05) is 0 Å². The summed E-state index contributed by atoms with van der Waals surface area (Å²) in [5.41, 5.74) is -0.136. The summed E-state index contributed by atoms with van der Waals surface area (Å²) in [4.78, 5) is 3.60. The predicted octanol–water partition coefficient (Wildman–Crippen LogP) is 4.06. The highest BCUT2D eigenvalue weighted by Gasteiger charge is 2.17. The molecule has 0 N–H and O–H groups in total. The molecule has 0 spiro atoms. The highest BCUT2D eigenvalue weighted by Crippen LogP contribution is 2.30. The Labute approximate surface area is 88.6 Å². The molecule has 0 amide bonds. The Bertz CT molecular complexity index is 317. The van der Waals surface area contributed by atoms with E-state index in [1.165, 1.54) is 0 Å².